The number of benzene rings is 3. The molecule has 0 aliphatic carbocycles. The molecule has 0 saturated heterocycles. The number of carbonyl (C=O) groups excluding carboxylic acids is 2. The van der Waals surface area contributed by atoms with E-state index in [2.05, 4.69) is 15.3 Å². The van der Waals surface area contributed by atoms with Crippen molar-refractivity contribution >= 4 is 22.7 Å². The van der Waals surface area contributed by atoms with Crippen LogP contribution in [-0.4, -0.2) is 27.8 Å². The number of aromatic nitrogens is 2. The van der Waals surface area contributed by atoms with E-state index in [9.17, 15) is 14.0 Å². The Labute approximate surface area is 212 Å². The van der Waals surface area contributed by atoms with E-state index < -0.39 is 17.9 Å². The summed E-state index contributed by atoms with van der Waals surface area (Å²) in [6.45, 7) is 0. The van der Waals surface area contributed by atoms with Gasteiger partial charge in [0.15, 0.2) is 0 Å². The first kappa shape index (κ1) is 23.7. The van der Waals surface area contributed by atoms with Crippen molar-refractivity contribution in [2.45, 2.75) is 12.5 Å². The van der Waals surface area contributed by atoms with Gasteiger partial charge in [-0.1, -0.05) is 24.3 Å². The number of nitrogens with zero attached hydrogens (tertiary/aromatic N) is 1. The second-order valence-electron chi connectivity index (χ2n) is 8.48. The predicted molar refractivity (Wildman–Crippen MR) is 139 cm³/mol. The SMILES string of the molecule is NC(=O)[C@@H](Cc1c[nH]c2ccccc12)NC(=O)c1cccc(-c2ccc(Oc3ccc(F)cc3)cc2)n1. The van der Waals surface area contributed by atoms with Crippen LogP contribution in [-0.2, 0) is 11.2 Å². The topological polar surface area (TPSA) is 110 Å². The average molecular weight is 495 g/mol. The number of hydrogen-bond donors (Lipinski definition) is 3. The molecule has 37 heavy (non-hydrogen) atoms. The molecule has 0 spiro atoms. The number of ether oxygens (including phenoxy) is 1. The maximum Gasteiger partial charge on any atom is 0.270 e. The van der Waals surface area contributed by atoms with E-state index in [-0.39, 0.29) is 17.9 Å². The molecule has 3 aromatic carbocycles. The Kier molecular flexibility index (Phi) is 6.63. The average Bonchev–Trinajstić information content (AvgIpc) is 3.33. The number of rotatable bonds is 8. The first-order valence-electron chi connectivity index (χ1n) is 11.6. The van der Waals surface area contributed by atoms with Crippen LogP contribution < -0.4 is 15.8 Å². The lowest BCUT2D eigenvalue weighted by Gasteiger charge is -2.15. The van der Waals surface area contributed by atoms with E-state index in [1.165, 1.54) is 12.1 Å². The minimum absolute atomic E-state index is 0.161. The predicted octanol–water partition coefficient (Wildman–Crippen LogP) is 4.99. The van der Waals surface area contributed by atoms with Crippen LogP contribution in [0, 0.1) is 5.82 Å². The van der Waals surface area contributed by atoms with Gasteiger partial charge in [0.2, 0.25) is 5.91 Å². The number of carbonyl (C=O) groups is 2. The van der Waals surface area contributed by atoms with Gasteiger partial charge in [0.25, 0.3) is 5.91 Å². The molecule has 0 radical (unpaired) electrons. The first-order chi connectivity index (χ1) is 18.0. The molecule has 0 aliphatic rings. The quantitative estimate of drug-likeness (QED) is 0.282. The Morgan fingerprint density at radius 2 is 1.62 bits per heavy atom. The molecule has 0 fully saturated rings. The van der Waals surface area contributed by atoms with Gasteiger partial charge in [-0.3, -0.25) is 9.59 Å². The van der Waals surface area contributed by atoms with Crippen molar-refractivity contribution in [2.75, 3.05) is 0 Å². The molecule has 8 heteroatoms. The maximum absolute atomic E-state index is 13.1. The van der Waals surface area contributed by atoms with Crippen molar-refractivity contribution in [3.63, 3.8) is 0 Å². The number of H-pyrrole nitrogens is 1. The van der Waals surface area contributed by atoms with Crippen LogP contribution >= 0.6 is 0 Å². The molecular weight excluding hydrogens is 471 g/mol. The Morgan fingerprint density at radius 3 is 2.35 bits per heavy atom. The molecule has 5 aromatic rings. The van der Waals surface area contributed by atoms with Crippen molar-refractivity contribution in [1.29, 1.82) is 0 Å². The summed E-state index contributed by atoms with van der Waals surface area (Å²) in [5.41, 5.74) is 8.93. The summed E-state index contributed by atoms with van der Waals surface area (Å²) in [6, 6.07) is 24.8. The van der Waals surface area contributed by atoms with Crippen LogP contribution in [0.25, 0.3) is 22.2 Å². The van der Waals surface area contributed by atoms with Crippen molar-refractivity contribution in [1.82, 2.24) is 15.3 Å². The Bertz CT molecular complexity index is 1560. The van der Waals surface area contributed by atoms with Gasteiger partial charge < -0.3 is 20.8 Å². The number of halogens is 1. The molecule has 2 heterocycles. The van der Waals surface area contributed by atoms with Gasteiger partial charge in [0, 0.05) is 29.1 Å². The van der Waals surface area contributed by atoms with Gasteiger partial charge in [0.1, 0.15) is 29.1 Å². The first-order valence-corrected chi connectivity index (χ1v) is 11.6. The Morgan fingerprint density at radius 1 is 0.919 bits per heavy atom. The minimum Gasteiger partial charge on any atom is -0.457 e. The summed E-state index contributed by atoms with van der Waals surface area (Å²) >= 11 is 0. The van der Waals surface area contributed by atoms with E-state index >= 15 is 0 Å². The Hall–Kier alpha value is -4.98. The number of nitrogens with two attached hydrogens (primary N) is 1. The summed E-state index contributed by atoms with van der Waals surface area (Å²) in [5, 5.41) is 3.69. The van der Waals surface area contributed by atoms with Crippen LogP contribution in [0.4, 0.5) is 4.39 Å². The highest BCUT2D eigenvalue weighted by atomic mass is 19.1. The lowest BCUT2D eigenvalue weighted by atomic mass is 10.0. The third kappa shape index (κ3) is 5.48. The molecular formula is C29H23FN4O3. The highest BCUT2D eigenvalue weighted by molar-refractivity contribution is 5.96. The fourth-order valence-corrected chi connectivity index (χ4v) is 4.03. The molecule has 2 amide bonds. The monoisotopic (exact) mass is 494 g/mol. The number of primary amides is 1. The normalized spacial score (nSPS) is 11.7. The highest BCUT2D eigenvalue weighted by Gasteiger charge is 2.22. The molecule has 184 valence electrons. The summed E-state index contributed by atoms with van der Waals surface area (Å²) in [6.07, 6.45) is 2.06. The fraction of sp³-hybridized carbons (Fsp3) is 0.0690. The van der Waals surface area contributed by atoms with E-state index in [4.69, 9.17) is 10.5 Å². The van der Waals surface area contributed by atoms with Crippen LogP contribution in [0.15, 0.2) is 97.2 Å². The van der Waals surface area contributed by atoms with Crippen LogP contribution in [0.1, 0.15) is 16.1 Å². The van der Waals surface area contributed by atoms with E-state index in [1.807, 2.05) is 42.6 Å². The number of amides is 2. The minimum atomic E-state index is -0.903. The van der Waals surface area contributed by atoms with Crippen molar-refractivity contribution in [3.8, 4) is 22.8 Å². The largest absolute Gasteiger partial charge is 0.457 e. The lowest BCUT2D eigenvalue weighted by molar-refractivity contribution is -0.119. The van der Waals surface area contributed by atoms with Gasteiger partial charge in [-0.15, -0.1) is 0 Å². The highest BCUT2D eigenvalue weighted by Crippen LogP contribution is 2.25. The number of hydrogen-bond acceptors (Lipinski definition) is 4. The van der Waals surface area contributed by atoms with Gasteiger partial charge >= 0.3 is 0 Å². The van der Waals surface area contributed by atoms with E-state index in [0.29, 0.717) is 17.2 Å². The second-order valence-corrected chi connectivity index (χ2v) is 8.48. The lowest BCUT2D eigenvalue weighted by Crippen LogP contribution is -2.46. The summed E-state index contributed by atoms with van der Waals surface area (Å²) in [5.74, 6) is -0.375. The molecule has 2 aromatic heterocycles. The number of fused-ring (bicyclic) bond motifs is 1. The maximum atomic E-state index is 13.1. The number of aromatic amines is 1. The van der Waals surface area contributed by atoms with Crippen molar-refractivity contribution in [3.05, 3.63) is 114 Å². The number of pyridine rings is 1. The molecule has 0 unspecified atom stereocenters. The zero-order chi connectivity index (χ0) is 25.8. The zero-order valence-corrected chi connectivity index (χ0v) is 19.6. The molecule has 7 nitrogen and oxygen atoms in total. The molecule has 0 aliphatic heterocycles. The molecule has 4 N–H and O–H groups in total. The van der Waals surface area contributed by atoms with Crippen LogP contribution in [0.2, 0.25) is 0 Å². The van der Waals surface area contributed by atoms with Crippen molar-refractivity contribution in [2.24, 2.45) is 5.73 Å². The smallest absolute Gasteiger partial charge is 0.270 e. The summed E-state index contributed by atoms with van der Waals surface area (Å²) < 4.78 is 18.8. The van der Waals surface area contributed by atoms with E-state index in [0.717, 1.165) is 22.0 Å². The number of nitrogens with one attached hydrogen (secondary N) is 2. The van der Waals surface area contributed by atoms with E-state index in [1.54, 1.807) is 42.5 Å². The summed E-state index contributed by atoms with van der Waals surface area (Å²) in [4.78, 5) is 32.8. The van der Waals surface area contributed by atoms with Gasteiger partial charge in [0.05, 0.1) is 5.69 Å². The number of para-hydroxylation sites is 1. The Balaban J connectivity index is 1.29. The second kappa shape index (κ2) is 10.3. The van der Waals surface area contributed by atoms with Gasteiger partial charge in [-0.05, 0) is 72.3 Å². The molecule has 5 rings (SSSR count). The third-order valence-electron chi connectivity index (χ3n) is 5.93. The summed E-state index contributed by atoms with van der Waals surface area (Å²) in [7, 11) is 0. The molecule has 1 atom stereocenters. The molecule has 0 bridgehead atoms. The zero-order valence-electron chi connectivity index (χ0n) is 19.6. The van der Waals surface area contributed by atoms with Gasteiger partial charge in [-0.2, -0.15) is 0 Å². The fourth-order valence-electron chi connectivity index (χ4n) is 4.03. The van der Waals surface area contributed by atoms with Gasteiger partial charge in [-0.25, -0.2) is 9.37 Å². The third-order valence-corrected chi connectivity index (χ3v) is 5.93. The van der Waals surface area contributed by atoms with Crippen molar-refractivity contribution < 1.29 is 18.7 Å². The standard InChI is InChI=1S/C29H23FN4O3/c30-20-10-14-22(15-11-20)37-21-12-8-18(9-13-21)24-6-3-7-26(33-24)29(36)34-27(28(31)35)16-19-17-32-25-5-2-1-4-23(19)25/h1-15,17,27,32H,16H2,(H2,31,35)(H,34,36)/t27-/m1/s1. The van der Waals surface area contributed by atoms with Crippen LogP contribution in [0.3, 0.4) is 0 Å². The molecule has 0 saturated carbocycles. The van der Waals surface area contributed by atoms with Crippen LogP contribution in [0.5, 0.6) is 11.5 Å².